The molecule has 27 heavy (non-hydrogen) atoms. The third-order valence-electron chi connectivity index (χ3n) is 3.79. The van der Waals surface area contributed by atoms with E-state index >= 15 is 0 Å². The fourth-order valence-corrected chi connectivity index (χ4v) is 2.87. The predicted molar refractivity (Wildman–Crippen MR) is 92.4 cm³/mol. The topological polar surface area (TPSA) is 108 Å². The number of hydrogen-bond donors (Lipinski definition) is 1. The zero-order valence-corrected chi connectivity index (χ0v) is 14.6. The van der Waals surface area contributed by atoms with Gasteiger partial charge in [-0.05, 0) is 36.6 Å². The molecule has 1 aromatic carbocycles. The average Bonchev–Trinajstić information content (AvgIpc) is 2.66. The van der Waals surface area contributed by atoms with E-state index in [-0.39, 0.29) is 30.6 Å². The minimum absolute atomic E-state index is 0.0163. The summed E-state index contributed by atoms with van der Waals surface area (Å²) in [6.45, 7) is 0.0697. The molecule has 0 spiro atoms. The Bertz CT molecular complexity index is 1030. The molecule has 3 aromatic rings. The zero-order chi connectivity index (χ0) is 19.4. The van der Waals surface area contributed by atoms with Crippen LogP contribution in [0.2, 0.25) is 0 Å². The van der Waals surface area contributed by atoms with Crippen LogP contribution in [0.5, 0.6) is 0 Å². The van der Waals surface area contributed by atoms with Crippen LogP contribution in [0.25, 0.3) is 11.0 Å². The second kappa shape index (κ2) is 8.33. The number of pyridine rings is 1. The first-order chi connectivity index (χ1) is 13.0. The van der Waals surface area contributed by atoms with Crippen LogP contribution in [0.3, 0.4) is 0 Å². The lowest BCUT2D eigenvalue weighted by Crippen LogP contribution is -2.18. The highest BCUT2D eigenvalue weighted by Gasteiger charge is 2.20. The summed E-state index contributed by atoms with van der Waals surface area (Å²) in [5.41, 5.74) is 0.336. The molecule has 0 amide bonds. The standard InChI is InChI=1S/C17H14F2N4O3S/c18-11-6-10(2-1-3-23-27(25)26)16(19)12(7-11)17(24)14-8-13-15(9-22-14)21-5-4-20-13/h4-9,23H,1-3H2,(H,25,26)/p-1. The maximum absolute atomic E-state index is 14.7. The minimum atomic E-state index is -2.42. The SMILES string of the molecule is O=C(c1cc2nccnc2cn1)c1cc(F)cc(CCCNS(=O)[O-])c1F. The summed E-state index contributed by atoms with van der Waals surface area (Å²) in [6.07, 6.45) is 4.56. The molecule has 0 aliphatic heterocycles. The molecular weight excluding hydrogens is 378 g/mol. The van der Waals surface area contributed by atoms with E-state index in [0.717, 1.165) is 12.1 Å². The van der Waals surface area contributed by atoms with Crippen molar-refractivity contribution < 1.29 is 22.3 Å². The minimum Gasteiger partial charge on any atom is -0.760 e. The highest BCUT2D eigenvalue weighted by Crippen LogP contribution is 2.21. The molecule has 140 valence electrons. The van der Waals surface area contributed by atoms with Gasteiger partial charge in [0, 0.05) is 30.2 Å². The molecular formula is C17H13F2N4O3S-. The van der Waals surface area contributed by atoms with E-state index in [0.29, 0.717) is 11.0 Å². The molecule has 2 aromatic heterocycles. The molecule has 0 aliphatic rings. The zero-order valence-electron chi connectivity index (χ0n) is 13.8. The van der Waals surface area contributed by atoms with Crippen LogP contribution < -0.4 is 4.72 Å². The van der Waals surface area contributed by atoms with Gasteiger partial charge in [0.2, 0.25) is 5.78 Å². The number of ketones is 1. The largest absolute Gasteiger partial charge is 0.760 e. The number of nitrogens with zero attached hydrogens (tertiary/aromatic N) is 3. The number of aromatic nitrogens is 3. The van der Waals surface area contributed by atoms with Crippen molar-refractivity contribution in [1.82, 2.24) is 19.7 Å². The molecule has 10 heteroatoms. The van der Waals surface area contributed by atoms with E-state index in [9.17, 15) is 22.3 Å². The maximum atomic E-state index is 14.7. The van der Waals surface area contributed by atoms with Crippen LogP contribution in [0.15, 0.2) is 36.8 Å². The molecule has 2 heterocycles. The van der Waals surface area contributed by atoms with Gasteiger partial charge in [0.15, 0.2) is 0 Å². The monoisotopic (exact) mass is 391 g/mol. The van der Waals surface area contributed by atoms with Gasteiger partial charge in [-0.25, -0.2) is 13.5 Å². The van der Waals surface area contributed by atoms with Crippen molar-refractivity contribution in [3.05, 3.63) is 65.2 Å². The Hall–Kier alpha value is -2.69. The van der Waals surface area contributed by atoms with Gasteiger partial charge < -0.3 is 4.55 Å². The first-order valence-electron chi connectivity index (χ1n) is 7.88. The summed E-state index contributed by atoms with van der Waals surface area (Å²) in [5.74, 6) is -2.40. The Balaban J connectivity index is 1.88. The molecule has 7 nitrogen and oxygen atoms in total. The van der Waals surface area contributed by atoms with Crippen molar-refractivity contribution in [1.29, 1.82) is 0 Å². The average molecular weight is 391 g/mol. The van der Waals surface area contributed by atoms with E-state index in [1.165, 1.54) is 24.7 Å². The smallest absolute Gasteiger partial charge is 0.214 e. The van der Waals surface area contributed by atoms with Crippen LogP contribution >= 0.6 is 0 Å². The van der Waals surface area contributed by atoms with E-state index in [2.05, 4.69) is 19.7 Å². The van der Waals surface area contributed by atoms with Crippen molar-refractivity contribution >= 4 is 28.1 Å². The molecule has 1 unspecified atom stereocenters. The molecule has 3 rings (SSSR count). The Morgan fingerprint density at radius 1 is 1.11 bits per heavy atom. The van der Waals surface area contributed by atoms with Crippen LogP contribution in [-0.4, -0.2) is 36.0 Å². The second-order valence-corrected chi connectivity index (χ2v) is 6.36. The lowest BCUT2D eigenvalue weighted by Gasteiger charge is -2.10. The Labute approximate surface area is 155 Å². The lowest BCUT2D eigenvalue weighted by molar-refractivity contribution is 0.103. The molecule has 1 N–H and O–H groups in total. The first-order valence-corrected chi connectivity index (χ1v) is 8.95. The Kier molecular flexibility index (Phi) is 5.89. The van der Waals surface area contributed by atoms with Crippen molar-refractivity contribution in [3.8, 4) is 0 Å². The summed E-state index contributed by atoms with van der Waals surface area (Å²) in [7, 11) is 0. The molecule has 0 fully saturated rings. The Morgan fingerprint density at radius 2 is 1.85 bits per heavy atom. The summed E-state index contributed by atoms with van der Waals surface area (Å²) in [5, 5.41) is 0. The molecule has 1 atom stereocenters. The second-order valence-electron chi connectivity index (χ2n) is 5.60. The fraction of sp³-hybridized carbons (Fsp3) is 0.176. The van der Waals surface area contributed by atoms with Crippen LogP contribution in [0.4, 0.5) is 8.78 Å². The lowest BCUT2D eigenvalue weighted by atomic mass is 10.0. The van der Waals surface area contributed by atoms with Crippen molar-refractivity contribution in [2.24, 2.45) is 0 Å². The van der Waals surface area contributed by atoms with Gasteiger partial charge in [-0.3, -0.25) is 24.0 Å². The molecule has 0 saturated carbocycles. The van der Waals surface area contributed by atoms with Gasteiger partial charge in [0.25, 0.3) is 0 Å². The number of hydrogen-bond acceptors (Lipinski definition) is 6. The number of rotatable bonds is 7. The van der Waals surface area contributed by atoms with Crippen molar-refractivity contribution in [2.45, 2.75) is 12.8 Å². The van der Waals surface area contributed by atoms with E-state index in [4.69, 9.17) is 0 Å². The molecule has 0 saturated heterocycles. The number of aryl methyl sites for hydroxylation is 1. The summed E-state index contributed by atoms with van der Waals surface area (Å²) < 4.78 is 51.6. The van der Waals surface area contributed by atoms with Crippen LogP contribution in [0, 0.1) is 11.6 Å². The summed E-state index contributed by atoms with van der Waals surface area (Å²) >= 11 is -2.42. The normalized spacial score (nSPS) is 12.3. The van der Waals surface area contributed by atoms with Crippen LogP contribution in [-0.2, 0) is 17.7 Å². The van der Waals surface area contributed by atoms with E-state index < -0.39 is 34.2 Å². The highest BCUT2D eigenvalue weighted by atomic mass is 32.2. The summed E-state index contributed by atoms with van der Waals surface area (Å²) in [6, 6.07) is 3.16. The first kappa shape index (κ1) is 19.1. The molecule has 0 radical (unpaired) electrons. The molecule has 0 aliphatic carbocycles. The van der Waals surface area contributed by atoms with E-state index in [1.54, 1.807) is 0 Å². The number of halogens is 2. The van der Waals surface area contributed by atoms with Crippen LogP contribution in [0.1, 0.15) is 28.0 Å². The summed E-state index contributed by atoms with van der Waals surface area (Å²) in [4.78, 5) is 24.7. The van der Waals surface area contributed by atoms with Gasteiger partial charge in [0.05, 0.1) is 17.3 Å². The Morgan fingerprint density at radius 3 is 2.59 bits per heavy atom. The number of fused-ring (bicyclic) bond motifs is 1. The predicted octanol–water partition coefficient (Wildman–Crippen LogP) is 1.85. The number of carbonyl (C=O) groups excluding carboxylic acids is 1. The van der Waals surface area contributed by atoms with Gasteiger partial charge >= 0.3 is 0 Å². The van der Waals surface area contributed by atoms with Crippen molar-refractivity contribution in [2.75, 3.05) is 6.54 Å². The highest BCUT2D eigenvalue weighted by molar-refractivity contribution is 7.77. The van der Waals surface area contributed by atoms with Gasteiger partial charge in [-0.1, -0.05) is 0 Å². The quantitative estimate of drug-likeness (QED) is 0.374. The fourth-order valence-electron chi connectivity index (χ4n) is 2.56. The van der Waals surface area contributed by atoms with E-state index in [1.807, 2.05) is 0 Å². The van der Waals surface area contributed by atoms with Gasteiger partial charge in [0.1, 0.15) is 22.8 Å². The number of benzene rings is 1. The van der Waals surface area contributed by atoms with Gasteiger partial charge in [-0.15, -0.1) is 0 Å². The maximum Gasteiger partial charge on any atom is 0.214 e. The number of carbonyl (C=O) groups is 1. The third kappa shape index (κ3) is 4.54. The third-order valence-corrected chi connectivity index (χ3v) is 4.23. The van der Waals surface area contributed by atoms with Crippen molar-refractivity contribution in [3.63, 3.8) is 0 Å². The number of nitrogens with one attached hydrogen (secondary N) is 1. The molecule has 0 bridgehead atoms. The van der Waals surface area contributed by atoms with Gasteiger partial charge in [-0.2, -0.15) is 0 Å².